The predicted molar refractivity (Wildman–Crippen MR) is 64.9 cm³/mol. The average Bonchev–Trinajstić information content (AvgIpc) is 2.97. The van der Waals surface area contributed by atoms with Crippen molar-refractivity contribution in [3.8, 4) is 0 Å². The van der Waals surface area contributed by atoms with Crippen molar-refractivity contribution in [3.63, 3.8) is 0 Å². The predicted octanol–water partition coefficient (Wildman–Crippen LogP) is 2.56. The molecule has 0 spiro atoms. The Balaban J connectivity index is 2.21. The highest BCUT2D eigenvalue weighted by molar-refractivity contribution is 4.84. The maximum atomic E-state index is 10.2. The Labute approximate surface area is 94.5 Å². The van der Waals surface area contributed by atoms with Crippen molar-refractivity contribution in [2.75, 3.05) is 6.54 Å². The normalized spacial score (nSPS) is 24.6. The molecule has 0 saturated heterocycles. The van der Waals surface area contributed by atoms with Gasteiger partial charge in [-0.1, -0.05) is 33.1 Å². The zero-order valence-electron chi connectivity index (χ0n) is 10.7. The number of hydrogen-bond acceptors (Lipinski definition) is 2. The fraction of sp³-hybridized carbons (Fsp3) is 1.00. The van der Waals surface area contributed by atoms with E-state index in [1.54, 1.807) is 0 Å². The highest BCUT2D eigenvalue weighted by atomic mass is 16.3. The van der Waals surface area contributed by atoms with E-state index in [0.29, 0.717) is 12.0 Å². The van der Waals surface area contributed by atoms with E-state index in [-0.39, 0.29) is 0 Å². The van der Waals surface area contributed by atoms with E-state index in [1.165, 1.54) is 19.3 Å². The van der Waals surface area contributed by atoms with Gasteiger partial charge in [-0.15, -0.1) is 0 Å². The van der Waals surface area contributed by atoms with E-state index in [4.69, 9.17) is 0 Å². The molecular formula is C13H27NO. The molecule has 1 saturated carbocycles. The third-order valence-electron chi connectivity index (χ3n) is 3.87. The molecule has 2 nitrogen and oxygen atoms in total. The van der Waals surface area contributed by atoms with Crippen LogP contribution in [0, 0.1) is 11.8 Å². The lowest BCUT2D eigenvalue weighted by Gasteiger charge is -2.31. The first-order valence-electron chi connectivity index (χ1n) is 6.41. The summed E-state index contributed by atoms with van der Waals surface area (Å²) < 4.78 is 0. The van der Waals surface area contributed by atoms with Gasteiger partial charge in [0.2, 0.25) is 0 Å². The first-order chi connectivity index (χ1) is 6.95. The summed E-state index contributed by atoms with van der Waals surface area (Å²) in [6.45, 7) is 9.14. The fourth-order valence-electron chi connectivity index (χ4n) is 1.93. The van der Waals surface area contributed by atoms with Gasteiger partial charge in [0.15, 0.2) is 0 Å². The summed E-state index contributed by atoms with van der Waals surface area (Å²) in [6.07, 6.45) is 5.13. The lowest BCUT2D eigenvalue weighted by atomic mass is 9.88. The van der Waals surface area contributed by atoms with Gasteiger partial charge in [-0.2, -0.15) is 0 Å². The molecule has 0 aromatic rings. The van der Waals surface area contributed by atoms with Crippen molar-refractivity contribution in [1.82, 2.24) is 5.32 Å². The summed E-state index contributed by atoms with van der Waals surface area (Å²) in [5.74, 6) is 1.32. The number of hydrogen-bond donors (Lipinski definition) is 2. The minimum atomic E-state index is -0.563. The Bertz CT molecular complexity index is 187. The highest BCUT2D eigenvalue weighted by Gasteiger charge is 2.28. The van der Waals surface area contributed by atoms with Crippen LogP contribution in [0.2, 0.25) is 0 Å². The molecule has 0 radical (unpaired) electrons. The molecule has 2 N–H and O–H groups in total. The van der Waals surface area contributed by atoms with Gasteiger partial charge in [-0.25, -0.2) is 0 Å². The Morgan fingerprint density at radius 2 is 2.00 bits per heavy atom. The molecule has 1 aliphatic carbocycles. The van der Waals surface area contributed by atoms with Crippen LogP contribution in [0.5, 0.6) is 0 Å². The molecule has 2 heteroatoms. The van der Waals surface area contributed by atoms with E-state index in [9.17, 15) is 5.11 Å². The number of nitrogens with one attached hydrogen (secondary N) is 1. The molecule has 0 bridgehead atoms. The van der Waals surface area contributed by atoms with Crippen molar-refractivity contribution in [1.29, 1.82) is 0 Å². The van der Waals surface area contributed by atoms with Gasteiger partial charge in [-0.3, -0.25) is 0 Å². The number of rotatable bonds is 7. The third-order valence-corrected chi connectivity index (χ3v) is 3.87. The van der Waals surface area contributed by atoms with Gasteiger partial charge in [-0.05, 0) is 32.1 Å². The molecule has 1 aliphatic rings. The molecule has 3 atom stereocenters. The standard InChI is InChI=1S/C13H27NO/c1-5-10(2)13(4,15)9-14-11(3)8-12-6-7-12/h10-12,14-15H,5-9H2,1-4H3. The van der Waals surface area contributed by atoms with Gasteiger partial charge in [0.1, 0.15) is 0 Å². The molecule has 1 rings (SSSR count). The van der Waals surface area contributed by atoms with Crippen molar-refractivity contribution in [2.45, 2.75) is 65.0 Å². The summed E-state index contributed by atoms with van der Waals surface area (Å²) in [7, 11) is 0. The zero-order valence-corrected chi connectivity index (χ0v) is 10.7. The highest BCUT2D eigenvalue weighted by Crippen LogP contribution is 2.33. The van der Waals surface area contributed by atoms with Crippen LogP contribution >= 0.6 is 0 Å². The van der Waals surface area contributed by atoms with Gasteiger partial charge >= 0.3 is 0 Å². The van der Waals surface area contributed by atoms with E-state index in [2.05, 4.69) is 26.1 Å². The van der Waals surface area contributed by atoms with Gasteiger partial charge in [0, 0.05) is 12.6 Å². The Hall–Kier alpha value is -0.0800. The van der Waals surface area contributed by atoms with E-state index < -0.39 is 5.60 Å². The molecule has 1 fully saturated rings. The number of aliphatic hydroxyl groups is 1. The monoisotopic (exact) mass is 213 g/mol. The SMILES string of the molecule is CCC(C)C(C)(O)CNC(C)CC1CC1. The molecule has 0 heterocycles. The Kier molecular flexibility index (Phi) is 4.60. The quantitative estimate of drug-likeness (QED) is 0.681. The lowest BCUT2D eigenvalue weighted by Crippen LogP contribution is -2.45. The molecule has 3 unspecified atom stereocenters. The van der Waals surface area contributed by atoms with Gasteiger partial charge in [0.05, 0.1) is 5.60 Å². The van der Waals surface area contributed by atoms with Crippen molar-refractivity contribution in [3.05, 3.63) is 0 Å². The van der Waals surface area contributed by atoms with Gasteiger partial charge < -0.3 is 10.4 Å². The lowest BCUT2D eigenvalue weighted by molar-refractivity contribution is 0.00339. The molecular weight excluding hydrogens is 186 g/mol. The molecule has 0 amide bonds. The average molecular weight is 213 g/mol. The molecule has 0 aromatic heterocycles. The maximum Gasteiger partial charge on any atom is 0.0768 e. The van der Waals surface area contributed by atoms with Crippen molar-refractivity contribution in [2.24, 2.45) is 11.8 Å². The Morgan fingerprint density at radius 1 is 1.40 bits per heavy atom. The smallest absolute Gasteiger partial charge is 0.0768 e. The Morgan fingerprint density at radius 3 is 2.47 bits per heavy atom. The maximum absolute atomic E-state index is 10.2. The second-order valence-electron chi connectivity index (χ2n) is 5.63. The van der Waals surface area contributed by atoms with E-state index in [1.807, 2.05) is 6.92 Å². The summed E-state index contributed by atoms with van der Waals surface area (Å²) >= 11 is 0. The zero-order chi connectivity index (χ0) is 11.5. The first kappa shape index (κ1) is 13.0. The van der Waals surface area contributed by atoms with Crippen LogP contribution in [0.3, 0.4) is 0 Å². The fourth-order valence-corrected chi connectivity index (χ4v) is 1.93. The van der Waals surface area contributed by atoms with Crippen LogP contribution in [0.25, 0.3) is 0 Å². The van der Waals surface area contributed by atoms with Crippen molar-refractivity contribution >= 4 is 0 Å². The van der Waals surface area contributed by atoms with E-state index >= 15 is 0 Å². The summed E-state index contributed by atoms with van der Waals surface area (Å²) in [5.41, 5.74) is -0.563. The summed E-state index contributed by atoms with van der Waals surface area (Å²) in [5, 5.41) is 13.7. The van der Waals surface area contributed by atoms with Crippen LogP contribution in [-0.4, -0.2) is 23.3 Å². The molecule has 0 aromatic carbocycles. The minimum Gasteiger partial charge on any atom is -0.389 e. The van der Waals surface area contributed by atoms with E-state index in [0.717, 1.165) is 18.9 Å². The third kappa shape index (κ3) is 4.52. The largest absolute Gasteiger partial charge is 0.389 e. The second kappa shape index (κ2) is 5.31. The minimum absolute atomic E-state index is 0.359. The molecule has 15 heavy (non-hydrogen) atoms. The topological polar surface area (TPSA) is 32.3 Å². The molecule has 90 valence electrons. The van der Waals surface area contributed by atoms with Crippen molar-refractivity contribution < 1.29 is 5.11 Å². The van der Waals surface area contributed by atoms with Crippen LogP contribution < -0.4 is 5.32 Å². The van der Waals surface area contributed by atoms with Crippen LogP contribution in [0.15, 0.2) is 0 Å². The first-order valence-corrected chi connectivity index (χ1v) is 6.41. The van der Waals surface area contributed by atoms with Crippen LogP contribution in [0.1, 0.15) is 53.4 Å². The molecule has 0 aliphatic heterocycles. The summed E-state index contributed by atoms with van der Waals surface area (Å²) in [6, 6.07) is 0.549. The van der Waals surface area contributed by atoms with Crippen LogP contribution in [0.4, 0.5) is 0 Å². The second-order valence-corrected chi connectivity index (χ2v) is 5.63. The van der Waals surface area contributed by atoms with Crippen LogP contribution in [-0.2, 0) is 0 Å². The van der Waals surface area contributed by atoms with Gasteiger partial charge in [0.25, 0.3) is 0 Å². The summed E-state index contributed by atoms with van der Waals surface area (Å²) in [4.78, 5) is 0.